The Morgan fingerprint density at radius 1 is 1.14 bits per heavy atom. The van der Waals surface area contributed by atoms with E-state index in [4.69, 9.17) is 0 Å². The van der Waals surface area contributed by atoms with Gasteiger partial charge in [0.15, 0.2) is 0 Å². The van der Waals surface area contributed by atoms with Crippen molar-refractivity contribution in [3.63, 3.8) is 0 Å². The van der Waals surface area contributed by atoms with Crippen molar-refractivity contribution in [3.8, 4) is 10.4 Å². The number of likely N-dealkylation sites (N-methyl/N-ethyl adjacent to an activating group) is 1. The molecule has 2 amide bonds. The van der Waals surface area contributed by atoms with Crippen LogP contribution in [-0.2, 0) is 4.79 Å². The van der Waals surface area contributed by atoms with E-state index in [1.54, 1.807) is 13.2 Å². The third kappa shape index (κ3) is 3.20. The van der Waals surface area contributed by atoms with E-state index in [0.717, 1.165) is 32.8 Å². The summed E-state index contributed by atoms with van der Waals surface area (Å²) >= 11 is 1.46. The number of hydrogen-bond acceptors (Lipinski definition) is 4. The predicted molar refractivity (Wildman–Crippen MR) is 111 cm³/mol. The maximum atomic E-state index is 12.8. The summed E-state index contributed by atoms with van der Waals surface area (Å²) in [5, 5.41) is 5.59. The zero-order valence-electron chi connectivity index (χ0n) is 15.9. The van der Waals surface area contributed by atoms with Crippen LogP contribution in [0.2, 0.25) is 0 Å². The van der Waals surface area contributed by atoms with Gasteiger partial charge in [-0.3, -0.25) is 14.6 Å². The van der Waals surface area contributed by atoms with Crippen molar-refractivity contribution >= 4 is 23.2 Å². The molecule has 0 aliphatic carbocycles. The normalized spacial score (nSPS) is 18.3. The average Bonchev–Trinajstić information content (AvgIpc) is 3.14. The fourth-order valence-corrected chi connectivity index (χ4v) is 4.75. The lowest BCUT2D eigenvalue weighted by atomic mass is 9.81. The smallest absolute Gasteiger partial charge is 0.262 e. The molecule has 4 rings (SSSR count). The number of nitrogens with zero attached hydrogens (tertiary/aromatic N) is 1. The highest BCUT2D eigenvalue weighted by atomic mass is 32.1. The first-order valence-corrected chi connectivity index (χ1v) is 9.95. The lowest BCUT2D eigenvalue weighted by Crippen LogP contribution is -2.52. The molecule has 6 heteroatoms. The van der Waals surface area contributed by atoms with Crippen LogP contribution in [0.1, 0.15) is 38.0 Å². The molecule has 2 N–H and O–H groups in total. The summed E-state index contributed by atoms with van der Waals surface area (Å²) in [6, 6.07) is 13.5. The van der Waals surface area contributed by atoms with Crippen LogP contribution in [0.25, 0.3) is 10.4 Å². The predicted octanol–water partition coefficient (Wildman–Crippen LogP) is 3.42. The van der Waals surface area contributed by atoms with E-state index >= 15 is 0 Å². The quantitative estimate of drug-likeness (QED) is 0.719. The van der Waals surface area contributed by atoms with E-state index < -0.39 is 6.04 Å². The molecule has 2 aromatic heterocycles. The summed E-state index contributed by atoms with van der Waals surface area (Å²) in [5.41, 5.74) is 5.01. The topological polar surface area (TPSA) is 71.1 Å². The lowest BCUT2D eigenvalue weighted by molar-refractivity contribution is -0.122. The Balaban J connectivity index is 1.87. The Hall–Kier alpha value is -2.99. The largest absolute Gasteiger partial charge is 0.357 e. The second kappa shape index (κ2) is 7.20. The summed E-state index contributed by atoms with van der Waals surface area (Å²) in [7, 11) is 1.59. The Morgan fingerprint density at radius 3 is 2.57 bits per heavy atom. The van der Waals surface area contributed by atoms with E-state index in [2.05, 4.69) is 15.6 Å². The van der Waals surface area contributed by atoms with Crippen molar-refractivity contribution in [1.29, 1.82) is 0 Å². The van der Waals surface area contributed by atoms with Gasteiger partial charge < -0.3 is 10.6 Å². The molecule has 0 unspecified atom stereocenters. The fraction of sp³-hybridized carbons (Fsp3) is 0.227. The molecule has 3 aromatic rings. The minimum absolute atomic E-state index is 0.197. The van der Waals surface area contributed by atoms with E-state index in [9.17, 15) is 9.59 Å². The standard InChI is InChI=1S/C22H21N3O2S/c1-12-4-6-14(7-5-12)18-16-11-17(15-8-9-24-13(2)10-15)28-20(16)22(27)25-19(18)21(26)23-3/h4-11,18-19H,1-3H3,(H,23,26)(H,25,27)/t18-,19-/m1/s1. The average molecular weight is 391 g/mol. The highest BCUT2D eigenvalue weighted by Gasteiger charge is 2.40. The molecule has 1 aromatic carbocycles. The number of aromatic nitrogens is 1. The molecule has 0 saturated carbocycles. The zero-order chi connectivity index (χ0) is 19.8. The van der Waals surface area contributed by atoms with Crippen molar-refractivity contribution in [1.82, 2.24) is 15.6 Å². The fourth-order valence-electron chi connectivity index (χ4n) is 3.64. The number of amides is 2. The molecule has 1 aliphatic rings. The number of carbonyl (C=O) groups excluding carboxylic acids is 2. The molecular formula is C22H21N3O2S. The minimum atomic E-state index is -0.644. The van der Waals surface area contributed by atoms with Gasteiger partial charge in [0.1, 0.15) is 6.04 Å². The number of rotatable bonds is 3. The number of nitrogens with one attached hydrogen (secondary N) is 2. The van der Waals surface area contributed by atoms with Gasteiger partial charge in [0, 0.05) is 29.7 Å². The molecule has 142 valence electrons. The van der Waals surface area contributed by atoms with Crippen molar-refractivity contribution < 1.29 is 9.59 Å². The number of thiophene rings is 1. The van der Waals surface area contributed by atoms with Gasteiger partial charge >= 0.3 is 0 Å². The van der Waals surface area contributed by atoms with Gasteiger partial charge in [-0.1, -0.05) is 29.8 Å². The summed E-state index contributed by atoms with van der Waals surface area (Å²) < 4.78 is 0. The molecule has 0 radical (unpaired) electrons. The second-order valence-electron chi connectivity index (χ2n) is 7.03. The third-order valence-corrected chi connectivity index (χ3v) is 6.27. The first-order valence-electron chi connectivity index (χ1n) is 9.13. The summed E-state index contributed by atoms with van der Waals surface area (Å²) in [4.78, 5) is 31.2. The van der Waals surface area contributed by atoms with Gasteiger partial charge in [0.05, 0.1) is 4.88 Å². The maximum Gasteiger partial charge on any atom is 0.262 e. The molecule has 0 spiro atoms. The van der Waals surface area contributed by atoms with Crippen LogP contribution in [0.5, 0.6) is 0 Å². The van der Waals surface area contributed by atoms with Gasteiger partial charge in [-0.2, -0.15) is 0 Å². The van der Waals surface area contributed by atoms with Gasteiger partial charge in [-0.25, -0.2) is 0 Å². The summed E-state index contributed by atoms with van der Waals surface area (Å²) in [6.45, 7) is 3.98. The SMILES string of the molecule is CNC(=O)[C@@H]1NC(=O)c2sc(-c3ccnc(C)c3)cc2[C@H]1c1ccc(C)cc1. The number of aryl methyl sites for hydroxylation is 2. The molecule has 1 aliphatic heterocycles. The number of fused-ring (bicyclic) bond motifs is 1. The Kier molecular flexibility index (Phi) is 4.73. The lowest BCUT2D eigenvalue weighted by Gasteiger charge is -2.31. The first kappa shape index (κ1) is 18.4. The molecule has 28 heavy (non-hydrogen) atoms. The Labute approximate surface area is 167 Å². The molecule has 0 fully saturated rings. The summed E-state index contributed by atoms with van der Waals surface area (Å²) in [5.74, 6) is -0.632. The van der Waals surface area contributed by atoms with E-state index in [1.165, 1.54) is 11.3 Å². The molecule has 5 nitrogen and oxygen atoms in total. The van der Waals surface area contributed by atoms with Gasteiger partial charge in [-0.05, 0) is 48.7 Å². The van der Waals surface area contributed by atoms with Gasteiger partial charge in [0.2, 0.25) is 5.91 Å². The first-order chi connectivity index (χ1) is 13.5. The van der Waals surface area contributed by atoms with E-state index in [1.807, 2.05) is 56.3 Å². The molecule has 2 atom stereocenters. The van der Waals surface area contributed by atoms with E-state index in [0.29, 0.717) is 4.88 Å². The monoisotopic (exact) mass is 391 g/mol. The van der Waals surface area contributed by atoms with Gasteiger partial charge in [-0.15, -0.1) is 11.3 Å². The second-order valence-corrected chi connectivity index (χ2v) is 8.09. The molecule has 0 saturated heterocycles. The number of benzene rings is 1. The number of pyridine rings is 1. The molecule has 0 bridgehead atoms. The zero-order valence-corrected chi connectivity index (χ0v) is 16.8. The van der Waals surface area contributed by atoms with Crippen LogP contribution in [0, 0.1) is 13.8 Å². The van der Waals surface area contributed by atoms with Gasteiger partial charge in [0.25, 0.3) is 5.91 Å². The highest BCUT2D eigenvalue weighted by molar-refractivity contribution is 7.17. The van der Waals surface area contributed by atoms with Crippen molar-refractivity contribution in [3.05, 3.63) is 75.9 Å². The highest BCUT2D eigenvalue weighted by Crippen LogP contribution is 2.42. The van der Waals surface area contributed by atoms with Crippen LogP contribution >= 0.6 is 11.3 Å². The minimum Gasteiger partial charge on any atom is -0.357 e. The number of carbonyl (C=O) groups is 2. The maximum absolute atomic E-state index is 12.8. The molecule has 3 heterocycles. The van der Waals surface area contributed by atoms with Crippen LogP contribution in [0.15, 0.2) is 48.7 Å². The van der Waals surface area contributed by atoms with Crippen LogP contribution in [0.4, 0.5) is 0 Å². The Bertz CT molecular complexity index is 1060. The van der Waals surface area contributed by atoms with E-state index in [-0.39, 0.29) is 17.7 Å². The van der Waals surface area contributed by atoms with Crippen molar-refractivity contribution in [2.24, 2.45) is 0 Å². The van der Waals surface area contributed by atoms with Crippen LogP contribution < -0.4 is 10.6 Å². The van der Waals surface area contributed by atoms with Crippen LogP contribution in [0.3, 0.4) is 0 Å². The van der Waals surface area contributed by atoms with Crippen molar-refractivity contribution in [2.45, 2.75) is 25.8 Å². The Morgan fingerprint density at radius 2 is 1.89 bits per heavy atom. The van der Waals surface area contributed by atoms with Crippen molar-refractivity contribution in [2.75, 3.05) is 7.05 Å². The number of hydrogen-bond donors (Lipinski definition) is 2. The molecular weight excluding hydrogens is 370 g/mol. The summed E-state index contributed by atoms with van der Waals surface area (Å²) in [6.07, 6.45) is 1.77. The van der Waals surface area contributed by atoms with Crippen LogP contribution in [-0.4, -0.2) is 29.9 Å². The third-order valence-electron chi connectivity index (χ3n) is 5.07.